The third kappa shape index (κ3) is 12.5. The van der Waals surface area contributed by atoms with Crippen molar-refractivity contribution in [3.05, 3.63) is 29.8 Å². The number of hydrogen-bond acceptors (Lipinski definition) is 9. The van der Waals surface area contributed by atoms with Gasteiger partial charge in [0.15, 0.2) is 0 Å². The number of thiol groups is 1. The van der Waals surface area contributed by atoms with Crippen molar-refractivity contribution in [3.63, 3.8) is 0 Å². The van der Waals surface area contributed by atoms with E-state index in [1.807, 2.05) is 0 Å². The molecule has 1 aliphatic heterocycles. The summed E-state index contributed by atoms with van der Waals surface area (Å²) in [5.41, 5.74) is 1.10. The SMILES string of the molecule is CC(C)C(=O)OCc1ccc(NC(=O)[C@H](CCC(=O)O)NC(=O)[C@@H](NC(=O)CCCCCN2C(=O)CC(S)C2=O)C(C)C)cc1. The molecule has 0 aliphatic carbocycles. The number of benzene rings is 1. The molecule has 3 atom stereocenters. The van der Waals surface area contributed by atoms with Gasteiger partial charge in [-0.25, -0.2) is 0 Å². The van der Waals surface area contributed by atoms with Crippen LogP contribution in [-0.2, 0) is 44.9 Å². The minimum atomic E-state index is -1.19. The fourth-order valence-corrected chi connectivity index (χ4v) is 4.74. The Balaban J connectivity index is 1.91. The summed E-state index contributed by atoms with van der Waals surface area (Å²) in [5, 5.41) is 16.5. The Bertz CT molecular complexity index is 1240. The van der Waals surface area contributed by atoms with Crippen molar-refractivity contribution in [1.82, 2.24) is 15.5 Å². The summed E-state index contributed by atoms with van der Waals surface area (Å²) in [6.07, 6.45) is 1.25. The van der Waals surface area contributed by atoms with Gasteiger partial charge in [0.05, 0.1) is 11.2 Å². The minimum absolute atomic E-state index is 0.0717. The van der Waals surface area contributed by atoms with Gasteiger partial charge in [0.25, 0.3) is 0 Å². The van der Waals surface area contributed by atoms with Crippen LogP contribution >= 0.6 is 12.6 Å². The van der Waals surface area contributed by atoms with Crippen molar-refractivity contribution in [2.24, 2.45) is 11.8 Å². The number of unbranched alkanes of at least 4 members (excludes halogenated alkanes) is 2. The molecule has 1 aromatic rings. The highest BCUT2D eigenvalue weighted by Crippen LogP contribution is 2.19. The summed E-state index contributed by atoms with van der Waals surface area (Å²) in [6.45, 7) is 7.26. The van der Waals surface area contributed by atoms with E-state index >= 15 is 0 Å². The van der Waals surface area contributed by atoms with E-state index in [2.05, 4.69) is 28.6 Å². The molecule has 0 aromatic heterocycles. The summed E-state index contributed by atoms with van der Waals surface area (Å²) in [5.74, 6) is -4.26. The molecular formula is C31H44N4O9S. The first kappa shape index (κ1) is 37.2. The molecule has 0 saturated carbocycles. The summed E-state index contributed by atoms with van der Waals surface area (Å²) in [4.78, 5) is 86.8. The maximum atomic E-state index is 13.2. The number of nitrogens with zero attached hydrogens (tertiary/aromatic N) is 1. The van der Waals surface area contributed by atoms with Gasteiger partial charge in [0, 0.05) is 31.5 Å². The number of esters is 1. The average Bonchev–Trinajstić information content (AvgIpc) is 3.22. The maximum absolute atomic E-state index is 13.2. The monoisotopic (exact) mass is 648 g/mol. The van der Waals surface area contributed by atoms with Crippen LogP contribution in [0.1, 0.15) is 78.2 Å². The van der Waals surface area contributed by atoms with Crippen LogP contribution in [0, 0.1) is 11.8 Å². The number of carboxylic acid groups (broad SMARTS) is 1. The minimum Gasteiger partial charge on any atom is -0.481 e. The number of carbonyl (C=O) groups is 7. The van der Waals surface area contributed by atoms with Crippen molar-refractivity contribution >= 4 is 59.8 Å². The van der Waals surface area contributed by atoms with E-state index in [1.165, 1.54) is 4.90 Å². The number of hydrogen-bond donors (Lipinski definition) is 5. The van der Waals surface area contributed by atoms with Crippen LogP contribution < -0.4 is 16.0 Å². The Labute approximate surface area is 268 Å². The number of carboxylic acids is 1. The zero-order chi connectivity index (χ0) is 33.7. The summed E-state index contributed by atoms with van der Waals surface area (Å²) in [6, 6.07) is 4.37. The van der Waals surface area contributed by atoms with E-state index in [0.717, 1.165) is 0 Å². The lowest BCUT2D eigenvalue weighted by atomic mass is 10.0. The molecule has 5 amide bonds. The van der Waals surface area contributed by atoms with Gasteiger partial charge < -0.3 is 25.8 Å². The van der Waals surface area contributed by atoms with Crippen molar-refractivity contribution in [2.75, 3.05) is 11.9 Å². The van der Waals surface area contributed by atoms with Gasteiger partial charge >= 0.3 is 11.9 Å². The predicted molar refractivity (Wildman–Crippen MR) is 168 cm³/mol. The molecule has 4 N–H and O–H groups in total. The van der Waals surface area contributed by atoms with E-state index in [1.54, 1.807) is 52.0 Å². The number of imide groups is 1. The lowest BCUT2D eigenvalue weighted by molar-refractivity contribution is -0.148. The second kappa shape index (κ2) is 18.1. The third-order valence-electron chi connectivity index (χ3n) is 7.13. The van der Waals surface area contributed by atoms with Gasteiger partial charge in [0.2, 0.25) is 29.5 Å². The average molecular weight is 649 g/mol. The molecule has 1 aliphatic rings. The zero-order valence-corrected chi connectivity index (χ0v) is 27.1. The molecule has 1 aromatic carbocycles. The largest absolute Gasteiger partial charge is 0.481 e. The van der Waals surface area contributed by atoms with E-state index in [0.29, 0.717) is 30.5 Å². The normalized spacial score (nSPS) is 16.0. The Hall–Kier alpha value is -3.94. The van der Waals surface area contributed by atoms with Crippen LogP contribution in [0.5, 0.6) is 0 Å². The van der Waals surface area contributed by atoms with E-state index in [9.17, 15) is 38.7 Å². The Morgan fingerprint density at radius 2 is 1.62 bits per heavy atom. The Kier molecular flexibility index (Phi) is 15.0. The number of nitrogens with one attached hydrogen (secondary N) is 3. The van der Waals surface area contributed by atoms with Crippen molar-refractivity contribution in [2.45, 2.75) is 96.6 Å². The van der Waals surface area contributed by atoms with Crippen LogP contribution in [0.3, 0.4) is 0 Å². The second-order valence-corrected chi connectivity index (χ2v) is 12.3. The van der Waals surface area contributed by atoms with Crippen molar-refractivity contribution < 1.29 is 43.4 Å². The number of aliphatic carboxylic acids is 1. The van der Waals surface area contributed by atoms with Gasteiger partial charge in [-0.15, -0.1) is 0 Å². The second-order valence-electron chi connectivity index (χ2n) is 11.6. The summed E-state index contributed by atoms with van der Waals surface area (Å²) >= 11 is 4.10. The van der Waals surface area contributed by atoms with Crippen molar-refractivity contribution in [3.8, 4) is 0 Å². The van der Waals surface area contributed by atoms with Crippen molar-refractivity contribution in [1.29, 1.82) is 0 Å². The number of likely N-dealkylation sites (tertiary alicyclic amines) is 1. The first-order valence-corrected chi connectivity index (χ1v) is 15.6. The molecule has 1 saturated heterocycles. The van der Waals surface area contributed by atoms with E-state index in [4.69, 9.17) is 4.74 Å². The highest BCUT2D eigenvalue weighted by molar-refractivity contribution is 7.81. The van der Waals surface area contributed by atoms with Gasteiger partial charge in [-0.3, -0.25) is 38.5 Å². The van der Waals surface area contributed by atoms with Crippen LogP contribution in [0.2, 0.25) is 0 Å². The first-order chi connectivity index (χ1) is 21.2. The molecule has 1 unspecified atom stereocenters. The van der Waals surface area contributed by atoms with Gasteiger partial charge in [-0.05, 0) is 42.9 Å². The Morgan fingerprint density at radius 3 is 2.18 bits per heavy atom. The molecule has 0 radical (unpaired) electrons. The number of carbonyl (C=O) groups excluding carboxylic acids is 6. The highest BCUT2D eigenvalue weighted by atomic mass is 32.1. The lowest BCUT2D eigenvalue weighted by Gasteiger charge is -2.25. The lowest BCUT2D eigenvalue weighted by Crippen LogP contribution is -2.54. The molecule has 1 heterocycles. The van der Waals surface area contributed by atoms with Gasteiger partial charge in [-0.2, -0.15) is 12.6 Å². The molecule has 14 heteroatoms. The molecule has 13 nitrogen and oxygen atoms in total. The molecule has 2 rings (SSSR count). The molecule has 0 spiro atoms. The fraction of sp³-hybridized carbons (Fsp3) is 0.581. The molecule has 0 bridgehead atoms. The first-order valence-electron chi connectivity index (χ1n) is 15.1. The summed E-state index contributed by atoms with van der Waals surface area (Å²) in [7, 11) is 0. The van der Waals surface area contributed by atoms with Crippen LogP contribution in [0.25, 0.3) is 0 Å². The molecule has 45 heavy (non-hydrogen) atoms. The zero-order valence-electron chi connectivity index (χ0n) is 26.2. The highest BCUT2D eigenvalue weighted by Gasteiger charge is 2.35. The molecule has 248 valence electrons. The standard InChI is InChI=1S/C31H44N4O9S/c1-18(2)27(34-24(36)8-6-5-7-15-35-25(37)16-23(45)30(35)42)29(41)33-22(13-14-26(38)39)28(40)32-21-11-9-20(10-12-21)17-44-31(43)19(3)4/h9-12,18-19,22-23,27,45H,5-8,13-17H2,1-4H3,(H,32,40)(H,33,41)(H,34,36)(H,38,39)/t22-,23?,27-/m0/s1. The maximum Gasteiger partial charge on any atom is 0.308 e. The van der Waals surface area contributed by atoms with Crippen LogP contribution in [0.15, 0.2) is 24.3 Å². The molecular weight excluding hydrogens is 604 g/mol. The van der Waals surface area contributed by atoms with Gasteiger partial charge in [-0.1, -0.05) is 46.2 Å². The fourth-order valence-electron chi connectivity index (χ4n) is 4.45. The Morgan fingerprint density at radius 1 is 0.956 bits per heavy atom. The topological polar surface area (TPSA) is 188 Å². The van der Waals surface area contributed by atoms with Gasteiger partial charge in [0.1, 0.15) is 18.7 Å². The van der Waals surface area contributed by atoms with E-state index < -0.39 is 35.1 Å². The quantitative estimate of drug-likeness (QED) is 0.0689. The van der Waals surface area contributed by atoms with Crippen LogP contribution in [0.4, 0.5) is 5.69 Å². The van der Waals surface area contributed by atoms with Crippen LogP contribution in [-0.4, -0.2) is 75.4 Å². The number of anilines is 1. The number of amides is 5. The molecule has 1 fully saturated rings. The third-order valence-corrected chi connectivity index (χ3v) is 7.53. The number of rotatable bonds is 18. The van der Waals surface area contributed by atoms with E-state index in [-0.39, 0.29) is 74.4 Å². The summed E-state index contributed by atoms with van der Waals surface area (Å²) < 4.78 is 5.19. The number of ether oxygens (including phenoxy) is 1. The predicted octanol–water partition coefficient (Wildman–Crippen LogP) is 2.43. The smallest absolute Gasteiger partial charge is 0.308 e.